The first-order valence-corrected chi connectivity index (χ1v) is 5.18. The van der Waals surface area contributed by atoms with Crippen molar-refractivity contribution in [2.45, 2.75) is 33.1 Å². The number of aliphatic carboxylic acids is 1. The van der Waals surface area contributed by atoms with Crippen molar-refractivity contribution in [1.29, 1.82) is 0 Å². The van der Waals surface area contributed by atoms with E-state index < -0.39 is 5.97 Å². The smallest absolute Gasteiger partial charge is 0.303 e. The Bertz CT molecular complexity index is 190. The Labute approximate surface area is 86.0 Å². The minimum Gasteiger partial charge on any atom is -0.481 e. The van der Waals surface area contributed by atoms with E-state index in [0.29, 0.717) is 12.5 Å². The molecule has 0 aromatic rings. The van der Waals surface area contributed by atoms with Crippen LogP contribution >= 0.6 is 0 Å². The van der Waals surface area contributed by atoms with Crippen molar-refractivity contribution in [1.82, 2.24) is 0 Å². The second-order valence-electron chi connectivity index (χ2n) is 3.75. The fraction of sp³-hybridized carbons (Fsp3) is 0.727. The van der Waals surface area contributed by atoms with Crippen LogP contribution in [0.25, 0.3) is 0 Å². The molecule has 0 amide bonds. The molecule has 82 valence electrons. The van der Waals surface area contributed by atoms with E-state index in [1.807, 2.05) is 0 Å². The van der Waals surface area contributed by atoms with Crippen LogP contribution in [0, 0.1) is 11.8 Å². The zero-order chi connectivity index (χ0) is 11.0. The van der Waals surface area contributed by atoms with E-state index in [1.165, 1.54) is 0 Å². The number of allylic oxidation sites excluding steroid dienone is 2. The van der Waals surface area contributed by atoms with Crippen molar-refractivity contribution in [3.63, 3.8) is 0 Å². The fourth-order valence-electron chi connectivity index (χ4n) is 1.48. The van der Waals surface area contributed by atoms with Gasteiger partial charge in [-0.3, -0.25) is 4.79 Å². The Kier molecular flexibility index (Phi) is 7.11. The van der Waals surface area contributed by atoms with Crippen molar-refractivity contribution in [2.75, 3.05) is 6.54 Å². The molecule has 3 heteroatoms. The molecule has 2 unspecified atom stereocenters. The third-order valence-corrected chi connectivity index (χ3v) is 2.20. The maximum absolute atomic E-state index is 10.5. The number of carboxylic acid groups (broad SMARTS) is 1. The van der Waals surface area contributed by atoms with E-state index in [1.54, 1.807) is 0 Å². The zero-order valence-electron chi connectivity index (χ0n) is 9.07. The third-order valence-electron chi connectivity index (χ3n) is 2.20. The molecule has 0 saturated heterocycles. The summed E-state index contributed by atoms with van der Waals surface area (Å²) in [6.07, 6.45) is 6.31. The number of carboxylic acids is 1. The molecule has 0 bridgehead atoms. The quantitative estimate of drug-likeness (QED) is 0.617. The molecule has 0 fully saturated rings. The van der Waals surface area contributed by atoms with Gasteiger partial charge in [0.15, 0.2) is 0 Å². The first-order valence-electron chi connectivity index (χ1n) is 5.18. The van der Waals surface area contributed by atoms with Gasteiger partial charge >= 0.3 is 5.97 Å². The van der Waals surface area contributed by atoms with E-state index in [4.69, 9.17) is 10.8 Å². The van der Waals surface area contributed by atoms with E-state index in [-0.39, 0.29) is 12.3 Å². The predicted octanol–water partition coefficient (Wildman–Crippen LogP) is 2.03. The molecule has 0 aromatic heterocycles. The van der Waals surface area contributed by atoms with Gasteiger partial charge in [-0.1, -0.05) is 26.0 Å². The van der Waals surface area contributed by atoms with Gasteiger partial charge in [0.25, 0.3) is 0 Å². The van der Waals surface area contributed by atoms with E-state index in [2.05, 4.69) is 26.0 Å². The summed E-state index contributed by atoms with van der Waals surface area (Å²) in [5.74, 6) is -0.237. The van der Waals surface area contributed by atoms with Crippen LogP contribution in [0.1, 0.15) is 33.1 Å². The standard InChI is InChI=1S/C11H21NO2/c1-3-4-5-9(2)6-10(8-12)7-11(13)14/h4-5,9-10H,3,6-8,12H2,1-2H3,(H,13,14). The highest BCUT2D eigenvalue weighted by molar-refractivity contribution is 5.67. The SMILES string of the molecule is CCC=CC(C)CC(CN)CC(=O)O. The van der Waals surface area contributed by atoms with E-state index >= 15 is 0 Å². The highest BCUT2D eigenvalue weighted by Gasteiger charge is 2.13. The molecule has 0 heterocycles. The number of rotatable bonds is 7. The number of hydrogen-bond acceptors (Lipinski definition) is 2. The van der Waals surface area contributed by atoms with Gasteiger partial charge in [0.2, 0.25) is 0 Å². The van der Waals surface area contributed by atoms with Gasteiger partial charge < -0.3 is 10.8 Å². The number of carbonyl (C=O) groups is 1. The summed E-state index contributed by atoms with van der Waals surface area (Å²) in [5.41, 5.74) is 5.51. The van der Waals surface area contributed by atoms with Gasteiger partial charge in [0.05, 0.1) is 0 Å². The summed E-state index contributed by atoms with van der Waals surface area (Å²) in [6, 6.07) is 0. The summed E-state index contributed by atoms with van der Waals surface area (Å²) in [6.45, 7) is 4.63. The molecule has 0 saturated carbocycles. The monoisotopic (exact) mass is 199 g/mol. The van der Waals surface area contributed by atoms with Crippen molar-refractivity contribution < 1.29 is 9.90 Å². The van der Waals surface area contributed by atoms with Crippen LogP contribution in [0.5, 0.6) is 0 Å². The average molecular weight is 199 g/mol. The fourth-order valence-corrected chi connectivity index (χ4v) is 1.48. The summed E-state index contributed by atoms with van der Waals surface area (Å²) in [5, 5.41) is 8.63. The van der Waals surface area contributed by atoms with Crippen molar-refractivity contribution in [3.8, 4) is 0 Å². The maximum Gasteiger partial charge on any atom is 0.303 e. The predicted molar refractivity (Wildman–Crippen MR) is 58.0 cm³/mol. The Balaban J connectivity index is 3.91. The molecule has 0 aliphatic rings. The van der Waals surface area contributed by atoms with Crippen molar-refractivity contribution in [3.05, 3.63) is 12.2 Å². The van der Waals surface area contributed by atoms with Crippen molar-refractivity contribution >= 4 is 5.97 Å². The second kappa shape index (κ2) is 7.56. The Morgan fingerprint density at radius 1 is 1.57 bits per heavy atom. The van der Waals surface area contributed by atoms with Crippen LogP contribution in [-0.2, 0) is 4.79 Å². The summed E-state index contributed by atoms with van der Waals surface area (Å²) >= 11 is 0. The van der Waals surface area contributed by atoms with Crippen LogP contribution in [0.15, 0.2) is 12.2 Å². The number of nitrogens with two attached hydrogens (primary N) is 1. The summed E-state index contributed by atoms with van der Waals surface area (Å²) < 4.78 is 0. The molecular formula is C11H21NO2. The van der Waals surface area contributed by atoms with Crippen LogP contribution in [0.3, 0.4) is 0 Å². The molecule has 0 aliphatic carbocycles. The van der Waals surface area contributed by atoms with Crippen LogP contribution < -0.4 is 5.73 Å². The molecule has 0 aliphatic heterocycles. The van der Waals surface area contributed by atoms with Gasteiger partial charge in [0.1, 0.15) is 0 Å². The Hall–Kier alpha value is -0.830. The van der Waals surface area contributed by atoms with Gasteiger partial charge in [0, 0.05) is 6.42 Å². The van der Waals surface area contributed by atoms with Crippen LogP contribution in [-0.4, -0.2) is 17.6 Å². The van der Waals surface area contributed by atoms with Gasteiger partial charge in [-0.2, -0.15) is 0 Å². The van der Waals surface area contributed by atoms with E-state index in [9.17, 15) is 4.79 Å². The topological polar surface area (TPSA) is 63.3 Å². The second-order valence-corrected chi connectivity index (χ2v) is 3.75. The molecule has 3 N–H and O–H groups in total. The lowest BCUT2D eigenvalue weighted by molar-refractivity contribution is -0.138. The lowest BCUT2D eigenvalue weighted by Gasteiger charge is -2.15. The largest absolute Gasteiger partial charge is 0.481 e. The molecular weight excluding hydrogens is 178 g/mol. The minimum absolute atomic E-state index is 0.101. The van der Waals surface area contributed by atoms with Crippen LogP contribution in [0.2, 0.25) is 0 Å². The Morgan fingerprint density at radius 3 is 2.64 bits per heavy atom. The minimum atomic E-state index is -0.757. The first-order chi connectivity index (χ1) is 6.60. The molecule has 0 radical (unpaired) electrons. The molecule has 0 rings (SSSR count). The highest BCUT2D eigenvalue weighted by Crippen LogP contribution is 2.15. The third kappa shape index (κ3) is 6.66. The number of hydrogen-bond donors (Lipinski definition) is 2. The average Bonchev–Trinajstić information content (AvgIpc) is 2.12. The maximum atomic E-state index is 10.5. The molecule has 3 nitrogen and oxygen atoms in total. The van der Waals surface area contributed by atoms with Gasteiger partial charge in [-0.25, -0.2) is 0 Å². The lowest BCUT2D eigenvalue weighted by Crippen LogP contribution is -2.19. The first kappa shape index (κ1) is 13.2. The van der Waals surface area contributed by atoms with Gasteiger partial charge in [-0.15, -0.1) is 0 Å². The van der Waals surface area contributed by atoms with E-state index in [0.717, 1.165) is 12.8 Å². The Morgan fingerprint density at radius 2 is 2.21 bits per heavy atom. The summed E-state index contributed by atoms with van der Waals surface area (Å²) in [7, 11) is 0. The summed E-state index contributed by atoms with van der Waals surface area (Å²) in [4.78, 5) is 10.5. The molecule has 2 atom stereocenters. The lowest BCUT2D eigenvalue weighted by atomic mass is 9.93. The molecule has 0 spiro atoms. The molecule has 0 aromatic carbocycles. The highest BCUT2D eigenvalue weighted by atomic mass is 16.4. The van der Waals surface area contributed by atoms with Gasteiger partial charge in [-0.05, 0) is 31.2 Å². The zero-order valence-corrected chi connectivity index (χ0v) is 9.07. The normalized spacial score (nSPS) is 15.6. The van der Waals surface area contributed by atoms with Crippen LogP contribution in [0.4, 0.5) is 0 Å². The molecule has 14 heavy (non-hydrogen) atoms. The van der Waals surface area contributed by atoms with Crippen molar-refractivity contribution in [2.24, 2.45) is 17.6 Å².